The molecule has 1 saturated carbocycles. The lowest BCUT2D eigenvalue weighted by atomic mass is 10.2. The molecule has 1 N–H and O–H groups in total. The number of hydrogen-bond acceptors (Lipinski definition) is 5. The van der Waals surface area contributed by atoms with Crippen LogP contribution in [0.4, 0.5) is 0 Å². The maximum absolute atomic E-state index is 6.27. The van der Waals surface area contributed by atoms with Crippen molar-refractivity contribution in [3.05, 3.63) is 40.5 Å². The highest BCUT2D eigenvalue weighted by atomic mass is 35.5. The number of nitrogens with zero attached hydrogens (tertiary/aromatic N) is 2. The first-order chi connectivity index (χ1) is 10.3. The Morgan fingerprint density at radius 3 is 3.00 bits per heavy atom. The van der Waals surface area contributed by atoms with E-state index >= 15 is 0 Å². The zero-order chi connectivity index (χ0) is 14.7. The fraction of sp³-hybridized carbons (Fsp3) is 0.467. The van der Waals surface area contributed by atoms with Gasteiger partial charge in [0, 0.05) is 29.6 Å². The van der Waals surface area contributed by atoms with Crippen LogP contribution in [0.15, 0.2) is 22.7 Å². The van der Waals surface area contributed by atoms with E-state index in [-0.39, 0.29) is 6.61 Å². The number of halogens is 1. The molecule has 0 saturated heterocycles. The van der Waals surface area contributed by atoms with Crippen LogP contribution in [0.1, 0.15) is 37.0 Å². The van der Waals surface area contributed by atoms with Gasteiger partial charge >= 0.3 is 0 Å². The second-order valence-electron chi connectivity index (χ2n) is 5.12. The molecule has 1 aliphatic carbocycles. The van der Waals surface area contributed by atoms with Gasteiger partial charge in [-0.2, -0.15) is 4.98 Å². The summed E-state index contributed by atoms with van der Waals surface area (Å²) in [4.78, 5) is 4.23. The summed E-state index contributed by atoms with van der Waals surface area (Å²) >= 11 is 6.27. The van der Waals surface area contributed by atoms with Crippen molar-refractivity contribution in [2.75, 3.05) is 0 Å². The third kappa shape index (κ3) is 3.74. The van der Waals surface area contributed by atoms with Gasteiger partial charge in [0.15, 0.2) is 6.61 Å². The van der Waals surface area contributed by atoms with Crippen LogP contribution in [0.3, 0.4) is 0 Å². The number of ether oxygens (including phenoxy) is 1. The van der Waals surface area contributed by atoms with Gasteiger partial charge in [0.25, 0.3) is 0 Å². The van der Waals surface area contributed by atoms with Gasteiger partial charge < -0.3 is 14.6 Å². The maximum Gasteiger partial charge on any atom is 0.226 e. The predicted molar refractivity (Wildman–Crippen MR) is 79.3 cm³/mol. The van der Waals surface area contributed by atoms with E-state index in [0.717, 1.165) is 17.7 Å². The molecule has 0 spiro atoms. The summed E-state index contributed by atoms with van der Waals surface area (Å²) in [6, 6.07) is 6.29. The van der Waals surface area contributed by atoms with Crippen molar-refractivity contribution in [3.63, 3.8) is 0 Å². The zero-order valence-electron chi connectivity index (χ0n) is 11.9. The van der Waals surface area contributed by atoms with Crippen LogP contribution in [0.25, 0.3) is 0 Å². The number of benzene rings is 1. The molecule has 0 amide bonds. The lowest BCUT2D eigenvalue weighted by Crippen LogP contribution is -2.16. The molecule has 1 aromatic carbocycles. The summed E-state index contributed by atoms with van der Waals surface area (Å²) in [5, 5.41) is 8.04. The lowest BCUT2D eigenvalue weighted by Gasteiger charge is -2.12. The van der Waals surface area contributed by atoms with E-state index in [2.05, 4.69) is 15.5 Å². The Labute approximate surface area is 128 Å². The van der Waals surface area contributed by atoms with Crippen LogP contribution in [0.2, 0.25) is 5.02 Å². The van der Waals surface area contributed by atoms with Crippen molar-refractivity contribution in [3.8, 4) is 5.75 Å². The number of aryl methyl sites for hydroxylation is 1. The van der Waals surface area contributed by atoms with E-state index in [4.69, 9.17) is 20.9 Å². The van der Waals surface area contributed by atoms with Crippen molar-refractivity contribution >= 4 is 11.6 Å². The Hall–Kier alpha value is -1.59. The smallest absolute Gasteiger partial charge is 0.226 e. The Morgan fingerprint density at radius 1 is 1.43 bits per heavy atom. The van der Waals surface area contributed by atoms with Crippen LogP contribution >= 0.6 is 11.6 Å². The number of hydrogen-bond donors (Lipinski definition) is 1. The molecule has 0 bridgehead atoms. The summed E-state index contributed by atoms with van der Waals surface area (Å²) in [5.74, 6) is 1.93. The van der Waals surface area contributed by atoms with Gasteiger partial charge in [0.05, 0.1) is 0 Å². The SMILES string of the molecule is CCc1nc(COc2cccc(Cl)c2CNC2CC2)no1. The van der Waals surface area contributed by atoms with Gasteiger partial charge in [-0.25, -0.2) is 0 Å². The van der Waals surface area contributed by atoms with Crippen molar-refractivity contribution < 1.29 is 9.26 Å². The molecule has 0 atom stereocenters. The molecule has 1 aliphatic rings. The summed E-state index contributed by atoms with van der Waals surface area (Å²) in [6.07, 6.45) is 3.20. The van der Waals surface area contributed by atoms with Gasteiger partial charge in [-0.1, -0.05) is 29.7 Å². The van der Waals surface area contributed by atoms with Crippen LogP contribution in [0, 0.1) is 0 Å². The van der Waals surface area contributed by atoms with Crippen LogP contribution < -0.4 is 10.1 Å². The Bertz CT molecular complexity index is 611. The second kappa shape index (κ2) is 6.45. The average Bonchev–Trinajstić information content (AvgIpc) is 3.20. The third-order valence-corrected chi connectivity index (χ3v) is 3.74. The minimum Gasteiger partial charge on any atom is -0.485 e. The van der Waals surface area contributed by atoms with Gasteiger partial charge in [-0.15, -0.1) is 0 Å². The molecule has 1 heterocycles. The molecule has 0 unspecified atom stereocenters. The lowest BCUT2D eigenvalue weighted by molar-refractivity contribution is 0.282. The van der Waals surface area contributed by atoms with Crippen LogP contribution in [0.5, 0.6) is 5.75 Å². The van der Waals surface area contributed by atoms with Gasteiger partial charge in [0.2, 0.25) is 11.7 Å². The fourth-order valence-corrected chi connectivity index (χ4v) is 2.25. The Morgan fingerprint density at radius 2 is 2.29 bits per heavy atom. The molecular weight excluding hydrogens is 290 g/mol. The zero-order valence-corrected chi connectivity index (χ0v) is 12.7. The van der Waals surface area contributed by atoms with E-state index in [9.17, 15) is 0 Å². The van der Waals surface area contributed by atoms with E-state index in [1.165, 1.54) is 12.8 Å². The van der Waals surface area contributed by atoms with Gasteiger partial charge in [-0.3, -0.25) is 0 Å². The average molecular weight is 308 g/mol. The maximum atomic E-state index is 6.27. The van der Waals surface area contributed by atoms with E-state index in [1.54, 1.807) is 0 Å². The first-order valence-electron chi connectivity index (χ1n) is 7.21. The standard InChI is InChI=1S/C15H18ClN3O2/c1-2-15-18-14(19-21-15)9-20-13-5-3-4-12(16)11(13)8-17-10-6-7-10/h3-5,10,17H,2,6-9H2,1H3. The molecule has 2 aromatic rings. The Balaban J connectivity index is 1.66. The first kappa shape index (κ1) is 14.4. The molecule has 5 nitrogen and oxygen atoms in total. The Kier molecular flexibility index (Phi) is 4.41. The molecule has 21 heavy (non-hydrogen) atoms. The quantitative estimate of drug-likeness (QED) is 0.851. The fourth-order valence-electron chi connectivity index (χ4n) is 2.01. The van der Waals surface area contributed by atoms with Gasteiger partial charge in [0.1, 0.15) is 5.75 Å². The minimum absolute atomic E-state index is 0.278. The number of rotatable bonds is 7. The highest BCUT2D eigenvalue weighted by Crippen LogP contribution is 2.28. The molecule has 1 fully saturated rings. The second-order valence-corrected chi connectivity index (χ2v) is 5.53. The molecule has 0 aliphatic heterocycles. The molecular formula is C15H18ClN3O2. The molecule has 6 heteroatoms. The van der Waals surface area contributed by atoms with Crippen molar-refractivity contribution in [1.82, 2.24) is 15.5 Å². The van der Waals surface area contributed by atoms with Crippen molar-refractivity contribution in [1.29, 1.82) is 0 Å². The van der Waals surface area contributed by atoms with Crippen LogP contribution in [-0.4, -0.2) is 16.2 Å². The van der Waals surface area contributed by atoms with Crippen LogP contribution in [-0.2, 0) is 19.6 Å². The highest BCUT2D eigenvalue weighted by Gasteiger charge is 2.21. The summed E-state index contributed by atoms with van der Waals surface area (Å²) in [5.41, 5.74) is 0.977. The monoisotopic (exact) mass is 307 g/mol. The molecule has 0 radical (unpaired) electrons. The van der Waals surface area contributed by atoms with Gasteiger partial charge in [-0.05, 0) is 25.0 Å². The third-order valence-electron chi connectivity index (χ3n) is 3.39. The molecule has 1 aromatic heterocycles. The summed E-state index contributed by atoms with van der Waals surface area (Å²) in [7, 11) is 0. The highest BCUT2D eigenvalue weighted by molar-refractivity contribution is 6.31. The van der Waals surface area contributed by atoms with Crippen molar-refractivity contribution in [2.45, 2.75) is 45.4 Å². The molecule has 112 valence electrons. The number of nitrogens with one attached hydrogen (secondary N) is 1. The van der Waals surface area contributed by atoms with E-state index in [0.29, 0.717) is 29.3 Å². The first-order valence-corrected chi connectivity index (χ1v) is 7.59. The van der Waals surface area contributed by atoms with E-state index < -0.39 is 0 Å². The summed E-state index contributed by atoms with van der Waals surface area (Å²) < 4.78 is 10.9. The topological polar surface area (TPSA) is 60.2 Å². The number of aromatic nitrogens is 2. The minimum atomic E-state index is 0.278. The predicted octanol–water partition coefficient (Wildman–Crippen LogP) is 3.12. The largest absolute Gasteiger partial charge is 0.485 e. The molecule has 3 rings (SSSR count). The normalized spacial score (nSPS) is 14.4. The van der Waals surface area contributed by atoms with E-state index in [1.807, 2.05) is 25.1 Å². The summed E-state index contributed by atoms with van der Waals surface area (Å²) in [6.45, 7) is 2.96. The van der Waals surface area contributed by atoms with Crippen molar-refractivity contribution in [2.24, 2.45) is 0 Å².